The second kappa shape index (κ2) is 4.24. The molecule has 1 aliphatic heterocycles. The molecule has 74 valence electrons. The van der Waals surface area contributed by atoms with Crippen molar-refractivity contribution in [2.75, 3.05) is 6.61 Å². The molecular weight excluding hydrogens is 152 g/mol. The number of rotatable bonds is 2. The lowest BCUT2D eigenvalue weighted by Crippen LogP contribution is -2.30. The first-order valence-corrected chi connectivity index (χ1v) is 4.33. The molecule has 1 rings (SSSR count). The van der Waals surface area contributed by atoms with E-state index >= 15 is 0 Å². The van der Waals surface area contributed by atoms with Crippen molar-refractivity contribution in [3.63, 3.8) is 0 Å². The van der Waals surface area contributed by atoms with Crippen molar-refractivity contribution in [1.82, 2.24) is 0 Å². The summed E-state index contributed by atoms with van der Waals surface area (Å²) >= 11 is 0. The standard InChI is InChI=1S/C9H18O2.CH4/c1-5-9(3,4)8-6-10-7(2)11-8;/h7-8H,5-6H2,1-4H3;1H4. The van der Waals surface area contributed by atoms with Gasteiger partial charge >= 0.3 is 0 Å². The van der Waals surface area contributed by atoms with Crippen LogP contribution in [-0.4, -0.2) is 19.0 Å². The highest BCUT2D eigenvalue weighted by molar-refractivity contribution is 4.80. The van der Waals surface area contributed by atoms with Gasteiger partial charge in [-0.05, 0) is 18.8 Å². The van der Waals surface area contributed by atoms with Crippen LogP contribution in [0.1, 0.15) is 41.5 Å². The van der Waals surface area contributed by atoms with Crippen LogP contribution < -0.4 is 0 Å². The summed E-state index contributed by atoms with van der Waals surface area (Å²) in [6, 6.07) is 0. The van der Waals surface area contributed by atoms with Crippen molar-refractivity contribution in [2.24, 2.45) is 5.41 Å². The van der Waals surface area contributed by atoms with E-state index in [1.54, 1.807) is 0 Å². The molecule has 1 aliphatic rings. The largest absolute Gasteiger partial charge is 0.350 e. The van der Waals surface area contributed by atoms with Gasteiger partial charge in [-0.25, -0.2) is 0 Å². The molecule has 0 aromatic heterocycles. The molecule has 0 amide bonds. The van der Waals surface area contributed by atoms with E-state index in [0.717, 1.165) is 13.0 Å². The van der Waals surface area contributed by atoms with Gasteiger partial charge in [0.1, 0.15) is 0 Å². The molecule has 2 nitrogen and oxygen atoms in total. The van der Waals surface area contributed by atoms with Crippen LogP contribution in [0.15, 0.2) is 0 Å². The molecule has 12 heavy (non-hydrogen) atoms. The Hall–Kier alpha value is -0.0800. The lowest BCUT2D eigenvalue weighted by atomic mass is 9.84. The van der Waals surface area contributed by atoms with Gasteiger partial charge in [-0.3, -0.25) is 0 Å². The summed E-state index contributed by atoms with van der Waals surface area (Å²) in [6.07, 6.45) is 1.40. The average Bonchev–Trinajstić information content (AvgIpc) is 2.36. The minimum Gasteiger partial charge on any atom is -0.350 e. The summed E-state index contributed by atoms with van der Waals surface area (Å²) in [5, 5.41) is 0. The first-order chi connectivity index (χ1) is 5.06. The number of hydrogen-bond acceptors (Lipinski definition) is 2. The Labute approximate surface area is 76.3 Å². The molecule has 1 fully saturated rings. The van der Waals surface area contributed by atoms with E-state index < -0.39 is 0 Å². The van der Waals surface area contributed by atoms with E-state index in [-0.39, 0.29) is 25.2 Å². The highest BCUT2D eigenvalue weighted by atomic mass is 16.7. The summed E-state index contributed by atoms with van der Waals surface area (Å²) in [5.41, 5.74) is 0.255. The van der Waals surface area contributed by atoms with E-state index in [1.807, 2.05) is 6.92 Å². The van der Waals surface area contributed by atoms with Gasteiger partial charge in [-0.1, -0.05) is 28.2 Å². The summed E-state index contributed by atoms with van der Waals surface area (Å²) in [6.45, 7) is 9.33. The maximum absolute atomic E-state index is 5.59. The van der Waals surface area contributed by atoms with Gasteiger partial charge in [-0.15, -0.1) is 0 Å². The Morgan fingerprint density at radius 2 is 2.00 bits per heavy atom. The smallest absolute Gasteiger partial charge is 0.155 e. The second-order valence-electron chi connectivity index (χ2n) is 3.87. The molecule has 2 atom stereocenters. The van der Waals surface area contributed by atoms with Gasteiger partial charge in [0.15, 0.2) is 6.29 Å². The summed E-state index contributed by atoms with van der Waals surface area (Å²) < 4.78 is 10.9. The first kappa shape index (κ1) is 11.9. The van der Waals surface area contributed by atoms with Crippen LogP contribution in [0.25, 0.3) is 0 Å². The predicted octanol–water partition coefficient (Wildman–Crippen LogP) is 2.82. The van der Waals surface area contributed by atoms with Crippen molar-refractivity contribution in [1.29, 1.82) is 0 Å². The maximum atomic E-state index is 5.59. The van der Waals surface area contributed by atoms with E-state index in [0.29, 0.717) is 0 Å². The van der Waals surface area contributed by atoms with Gasteiger partial charge in [0.2, 0.25) is 0 Å². The second-order valence-corrected chi connectivity index (χ2v) is 3.87. The van der Waals surface area contributed by atoms with Gasteiger partial charge in [0, 0.05) is 0 Å². The third kappa shape index (κ3) is 2.46. The molecule has 0 bridgehead atoms. The molecular formula is C10H22O2. The zero-order valence-corrected chi connectivity index (χ0v) is 7.89. The van der Waals surface area contributed by atoms with Gasteiger partial charge in [0.05, 0.1) is 12.7 Å². The zero-order chi connectivity index (χ0) is 8.48. The van der Waals surface area contributed by atoms with E-state index in [9.17, 15) is 0 Å². The van der Waals surface area contributed by atoms with Crippen LogP contribution in [0.3, 0.4) is 0 Å². The highest BCUT2D eigenvalue weighted by Gasteiger charge is 2.34. The molecule has 1 heterocycles. The molecule has 0 spiro atoms. The minimum absolute atomic E-state index is 0. The molecule has 0 aromatic carbocycles. The normalized spacial score (nSPS) is 30.0. The molecule has 1 saturated heterocycles. The Bertz CT molecular complexity index is 132. The Morgan fingerprint density at radius 3 is 2.33 bits per heavy atom. The maximum Gasteiger partial charge on any atom is 0.155 e. The fourth-order valence-electron chi connectivity index (χ4n) is 1.17. The van der Waals surface area contributed by atoms with Crippen LogP contribution in [0, 0.1) is 5.41 Å². The third-order valence-electron chi connectivity index (χ3n) is 2.62. The fourth-order valence-corrected chi connectivity index (χ4v) is 1.17. The molecule has 0 saturated carbocycles. The minimum atomic E-state index is -0.00850. The lowest BCUT2D eigenvalue weighted by molar-refractivity contribution is -0.0659. The van der Waals surface area contributed by atoms with Crippen molar-refractivity contribution in [3.8, 4) is 0 Å². The molecule has 2 heteroatoms. The van der Waals surface area contributed by atoms with Gasteiger partial charge in [-0.2, -0.15) is 0 Å². The highest BCUT2D eigenvalue weighted by Crippen LogP contribution is 2.31. The van der Waals surface area contributed by atoms with E-state index in [2.05, 4.69) is 20.8 Å². The topological polar surface area (TPSA) is 18.5 Å². The number of hydrogen-bond donors (Lipinski definition) is 0. The third-order valence-corrected chi connectivity index (χ3v) is 2.62. The first-order valence-electron chi connectivity index (χ1n) is 4.33. The Kier molecular flexibility index (Phi) is 4.21. The average molecular weight is 174 g/mol. The van der Waals surface area contributed by atoms with E-state index in [1.165, 1.54) is 0 Å². The molecule has 0 radical (unpaired) electrons. The van der Waals surface area contributed by atoms with Crippen molar-refractivity contribution >= 4 is 0 Å². The SMILES string of the molecule is C.CCC(C)(C)C1COC(C)O1. The Morgan fingerprint density at radius 1 is 1.42 bits per heavy atom. The molecule has 0 aromatic rings. The predicted molar refractivity (Wildman–Crippen MR) is 51.1 cm³/mol. The van der Waals surface area contributed by atoms with Crippen LogP contribution in [0.4, 0.5) is 0 Å². The monoisotopic (exact) mass is 174 g/mol. The molecule has 0 aliphatic carbocycles. The van der Waals surface area contributed by atoms with Gasteiger partial charge < -0.3 is 9.47 Å². The fraction of sp³-hybridized carbons (Fsp3) is 1.00. The summed E-state index contributed by atoms with van der Waals surface area (Å²) in [4.78, 5) is 0. The molecule has 2 unspecified atom stereocenters. The molecule has 0 N–H and O–H groups in total. The summed E-state index contributed by atoms with van der Waals surface area (Å²) in [5.74, 6) is 0. The van der Waals surface area contributed by atoms with Crippen LogP contribution >= 0.6 is 0 Å². The summed E-state index contributed by atoms with van der Waals surface area (Å²) in [7, 11) is 0. The van der Waals surface area contributed by atoms with Crippen LogP contribution in [0.2, 0.25) is 0 Å². The number of ether oxygens (including phenoxy) is 2. The van der Waals surface area contributed by atoms with Crippen molar-refractivity contribution in [3.05, 3.63) is 0 Å². The van der Waals surface area contributed by atoms with Crippen LogP contribution in [0.5, 0.6) is 0 Å². The van der Waals surface area contributed by atoms with Crippen LogP contribution in [-0.2, 0) is 9.47 Å². The van der Waals surface area contributed by atoms with Crippen molar-refractivity contribution < 1.29 is 9.47 Å². The Balaban J connectivity index is 0.00000121. The van der Waals surface area contributed by atoms with Crippen molar-refractivity contribution in [2.45, 2.75) is 53.9 Å². The quantitative estimate of drug-likeness (QED) is 0.641. The zero-order valence-electron chi connectivity index (χ0n) is 7.89. The van der Waals surface area contributed by atoms with Gasteiger partial charge in [0.25, 0.3) is 0 Å². The van der Waals surface area contributed by atoms with E-state index in [4.69, 9.17) is 9.47 Å². The lowest BCUT2D eigenvalue weighted by Gasteiger charge is -2.28.